The van der Waals surface area contributed by atoms with Gasteiger partial charge in [-0.1, -0.05) is 6.08 Å². The predicted octanol–water partition coefficient (Wildman–Crippen LogP) is 1.37. The first-order valence-electron chi connectivity index (χ1n) is 8.02. The number of furan rings is 1. The average Bonchev–Trinajstić information content (AvgIpc) is 3.32. The number of nitrogens with two attached hydrogens (primary N) is 1. The van der Waals surface area contributed by atoms with Crippen molar-refractivity contribution >= 4 is 17.4 Å². The first-order chi connectivity index (χ1) is 11.8. The molecule has 5 heterocycles. The van der Waals surface area contributed by atoms with Gasteiger partial charge in [-0.15, -0.1) is 5.10 Å². The molecule has 0 radical (unpaired) electrons. The molecule has 3 aromatic heterocycles. The zero-order valence-corrected chi connectivity index (χ0v) is 13.0. The molecule has 122 valence electrons. The molecule has 0 bridgehead atoms. The number of rotatable bonds is 2. The molecular weight excluding hydrogens is 306 g/mol. The Bertz CT molecular complexity index is 914. The normalized spacial score (nSPS) is 20.1. The molecule has 0 aliphatic carbocycles. The van der Waals surface area contributed by atoms with Gasteiger partial charge in [-0.3, -0.25) is 0 Å². The lowest BCUT2D eigenvalue weighted by Gasteiger charge is -2.38. The molecule has 2 aliphatic heterocycles. The highest BCUT2D eigenvalue weighted by Gasteiger charge is 2.28. The van der Waals surface area contributed by atoms with Crippen LogP contribution in [0.2, 0.25) is 0 Å². The van der Waals surface area contributed by atoms with E-state index in [0.717, 1.165) is 31.9 Å². The van der Waals surface area contributed by atoms with Crippen molar-refractivity contribution in [2.75, 3.05) is 30.3 Å². The van der Waals surface area contributed by atoms with Crippen LogP contribution in [0.4, 0.5) is 11.6 Å². The first-order valence-corrected chi connectivity index (χ1v) is 8.02. The fourth-order valence-electron chi connectivity index (χ4n) is 3.39. The molecule has 5 rings (SSSR count). The molecule has 24 heavy (non-hydrogen) atoms. The van der Waals surface area contributed by atoms with Gasteiger partial charge in [-0.25, -0.2) is 0 Å². The van der Waals surface area contributed by atoms with E-state index in [1.54, 1.807) is 16.8 Å². The smallest absolute Gasteiger partial charge is 0.256 e. The lowest BCUT2D eigenvalue weighted by atomic mass is 10.1. The minimum absolute atomic E-state index is 0.487. The van der Waals surface area contributed by atoms with Gasteiger partial charge in [0.2, 0.25) is 5.82 Å². The highest BCUT2D eigenvalue weighted by Crippen LogP contribution is 2.25. The fraction of sp³-hybridized carbons (Fsp3) is 0.312. The van der Waals surface area contributed by atoms with Crippen LogP contribution in [0.15, 0.2) is 41.2 Å². The number of nitrogens with zero attached hydrogens (tertiary/aromatic N) is 6. The first kappa shape index (κ1) is 13.4. The van der Waals surface area contributed by atoms with Crippen LogP contribution in [-0.2, 0) is 0 Å². The van der Waals surface area contributed by atoms with Gasteiger partial charge in [0.25, 0.3) is 5.78 Å². The summed E-state index contributed by atoms with van der Waals surface area (Å²) < 4.78 is 6.90. The van der Waals surface area contributed by atoms with Crippen molar-refractivity contribution < 1.29 is 4.42 Å². The molecule has 1 fully saturated rings. The van der Waals surface area contributed by atoms with Gasteiger partial charge in [-0.05, 0) is 24.8 Å². The molecule has 1 atom stereocenters. The summed E-state index contributed by atoms with van der Waals surface area (Å²) in [6.45, 7) is 2.86. The van der Waals surface area contributed by atoms with Crippen LogP contribution in [-0.4, -0.2) is 50.2 Å². The van der Waals surface area contributed by atoms with Gasteiger partial charge in [0.1, 0.15) is 11.6 Å². The lowest BCUT2D eigenvalue weighted by Crippen LogP contribution is -2.49. The quantitative estimate of drug-likeness (QED) is 0.762. The largest absolute Gasteiger partial charge is 0.461 e. The van der Waals surface area contributed by atoms with Crippen LogP contribution >= 0.6 is 0 Å². The maximum Gasteiger partial charge on any atom is 0.256 e. The molecule has 8 nitrogen and oxygen atoms in total. The summed E-state index contributed by atoms with van der Waals surface area (Å²) in [5.41, 5.74) is 6.18. The van der Waals surface area contributed by atoms with Crippen molar-refractivity contribution in [1.82, 2.24) is 24.5 Å². The Morgan fingerprint density at radius 1 is 1.25 bits per heavy atom. The summed E-state index contributed by atoms with van der Waals surface area (Å²) in [5, 5.41) is 4.38. The molecule has 0 amide bonds. The van der Waals surface area contributed by atoms with Gasteiger partial charge in [0.15, 0.2) is 5.76 Å². The van der Waals surface area contributed by atoms with E-state index in [1.807, 2.05) is 12.1 Å². The highest BCUT2D eigenvalue weighted by molar-refractivity contribution is 5.57. The Balaban J connectivity index is 1.51. The SMILES string of the molecule is Nc1cc(N2CCN3C=CC[C@H]3C2)nc2nc(-c3ccco3)nn12. The molecular formula is C16H17N7O. The molecule has 1 saturated heterocycles. The number of hydrogen-bond donors (Lipinski definition) is 1. The number of anilines is 2. The van der Waals surface area contributed by atoms with Crippen LogP contribution in [0, 0.1) is 0 Å². The minimum Gasteiger partial charge on any atom is -0.461 e. The summed E-state index contributed by atoms with van der Waals surface area (Å²) >= 11 is 0. The topological polar surface area (TPSA) is 88.7 Å². The van der Waals surface area contributed by atoms with E-state index >= 15 is 0 Å². The van der Waals surface area contributed by atoms with Crippen LogP contribution in [0.1, 0.15) is 6.42 Å². The van der Waals surface area contributed by atoms with Gasteiger partial charge < -0.3 is 20.0 Å². The zero-order valence-electron chi connectivity index (χ0n) is 13.0. The molecule has 0 aromatic carbocycles. The predicted molar refractivity (Wildman–Crippen MR) is 89.4 cm³/mol. The number of fused-ring (bicyclic) bond motifs is 2. The lowest BCUT2D eigenvalue weighted by molar-refractivity contribution is 0.270. The number of aromatic nitrogens is 4. The third-order valence-corrected chi connectivity index (χ3v) is 4.63. The van der Waals surface area contributed by atoms with Gasteiger partial charge in [0, 0.05) is 31.7 Å². The van der Waals surface area contributed by atoms with Crippen molar-refractivity contribution in [3.63, 3.8) is 0 Å². The zero-order chi connectivity index (χ0) is 16.1. The van der Waals surface area contributed by atoms with Crippen LogP contribution in [0.25, 0.3) is 17.4 Å². The highest BCUT2D eigenvalue weighted by atomic mass is 16.3. The monoisotopic (exact) mass is 323 g/mol. The molecule has 2 aliphatic rings. The van der Waals surface area contributed by atoms with Crippen LogP contribution in [0.5, 0.6) is 0 Å². The molecule has 0 spiro atoms. The van der Waals surface area contributed by atoms with E-state index < -0.39 is 0 Å². The van der Waals surface area contributed by atoms with Gasteiger partial charge >= 0.3 is 0 Å². The van der Waals surface area contributed by atoms with Crippen molar-refractivity contribution in [2.45, 2.75) is 12.5 Å². The van der Waals surface area contributed by atoms with E-state index in [-0.39, 0.29) is 0 Å². The third-order valence-electron chi connectivity index (χ3n) is 4.63. The van der Waals surface area contributed by atoms with Crippen molar-refractivity contribution in [3.8, 4) is 11.6 Å². The molecule has 3 aromatic rings. The standard InChI is InChI=1S/C16H17N7O/c17-13-9-14(22-7-6-21-5-1-3-11(21)10-22)18-16-19-15(20-23(13)16)12-4-2-8-24-12/h1-2,4-5,8-9,11H,3,6-7,10,17H2/t11-/m0/s1. The van der Waals surface area contributed by atoms with Crippen molar-refractivity contribution in [3.05, 3.63) is 36.7 Å². The molecule has 2 N–H and O–H groups in total. The van der Waals surface area contributed by atoms with E-state index in [4.69, 9.17) is 10.2 Å². The summed E-state index contributed by atoms with van der Waals surface area (Å²) in [4.78, 5) is 13.8. The second kappa shape index (κ2) is 4.98. The second-order valence-electron chi connectivity index (χ2n) is 6.12. The van der Waals surface area contributed by atoms with Gasteiger partial charge in [0.05, 0.1) is 6.26 Å². The molecule has 0 saturated carbocycles. The number of hydrogen-bond acceptors (Lipinski definition) is 7. The minimum atomic E-state index is 0.487. The Hall–Kier alpha value is -3.03. The summed E-state index contributed by atoms with van der Waals surface area (Å²) in [7, 11) is 0. The average molecular weight is 323 g/mol. The number of nitrogen functional groups attached to an aromatic ring is 1. The van der Waals surface area contributed by atoms with E-state index in [2.05, 4.69) is 37.1 Å². The summed E-state index contributed by atoms with van der Waals surface area (Å²) in [5.74, 6) is 2.95. The Morgan fingerprint density at radius 3 is 3.08 bits per heavy atom. The summed E-state index contributed by atoms with van der Waals surface area (Å²) in [6, 6.07) is 6.01. The second-order valence-corrected chi connectivity index (χ2v) is 6.12. The van der Waals surface area contributed by atoms with E-state index in [9.17, 15) is 0 Å². The Kier molecular flexibility index (Phi) is 2.79. The van der Waals surface area contributed by atoms with Crippen LogP contribution in [0.3, 0.4) is 0 Å². The van der Waals surface area contributed by atoms with E-state index in [1.165, 1.54) is 0 Å². The number of piperazine rings is 1. The third kappa shape index (κ3) is 2.03. The van der Waals surface area contributed by atoms with E-state index in [0.29, 0.717) is 29.2 Å². The van der Waals surface area contributed by atoms with Gasteiger partial charge in [-0.2, -0.15) is 14.5 Å². The fourth-order valence-corrected chi connectivity index (χ4v) is 3.39. The molecule has 0 unspecified atom stereocenters. The van der Waals surface area contributed by atoms with Crippen molar-refractivity contribution in [1.29, 1.82) is 0 Å². The maximum absolute atomic E-state index is 6.18. The van der Waals surface area contributed by atoms with Crippen LogP contribution < -0.4 is 10.6 Å². The van der Waals surface area contributed by atoms with Crippen molar-refractivity contribution in [2.24, 2.45) is 0 Å². The Labute approximate surface area is 138 Å². The Morgan fingerprint density at radius 2 is 2.21 bits per heavy atom. The maximum atomic E-state index is 6.18. The molecule has 8 heteroatoms. The summed E-state index contributed by atoms with van der Waals surface area (Å²) in [6.07, 6.45) is 7.11.